The molecule has 22 heavy (non-hydrogen) atoms. The van der Waals surface area contributed by atoms with Crippen molar-refractivity contribution in [3.05, 3.63) is 30.1 Å². The number of carbonyl (C=O) groups is 2. The van der Waals surface area contributed by atoms with Crippen LogP contribution in [0.25, 0.3) is 0 Å². The van der Waals surface area contributed by atoms with Crippen LogP contribution in [0.2, 0.25) is 0 Å². The predicted molar refractivity (Wildman–Crippen MR) is 80.7 cm³/mol. The summed E-state index contributed by atoms with van der Waals surface area (Å²) >= 11 is 0. The molecule has 2 atom stereocenters. The molecule has 2 unspecified atom stereocenters. The molecule has 0 aromatic carbocycles. The second-order valence-electron chi connectivity index (χ2n) is 7.33. The third-order valence-corrected chi connectivity index (χ3v) is 5.99. The Morgan fingerprint density at radius 1 is 1.18 bits per heavy atom. The number of pyridine rings is 1. The minimum atomic E-state index is -0.303. The van der Waals surface area contributed by atoms with Crippen LogP contribution in [0.4, 0.5) is 0 Å². The second kappa shape index (κ2) is 4.80. The molecule has 5 nitrogen and oxygen atoms in total. The number of hydrogen-bond acceptors (Lipinski definition) is 3. The van der Waals surface area contributed by atoms with E-state index < -0.39 is 0 Å². The molecule has 3 N–H and O–H groups in total. The molecule has 4 aliphatic rings. The van der Waals surface area contributed by atoms with Crippen LogP contribution in [0.5, 0.6) is 0 Å². The highest BCUT2D eigenvalue weighted by Crippen LogP contribution is 2.59. The lowest BCUT2D eigenvalue weighted by atomic mass is 9.47. The number of rotatable bonds is 3. The number of hydrogen-bond donors (Lipinski definition) is 2. The van der Waals surface area contributed by atoms with Crippen molar-refractivity contribution >= 4 is 11.8 Å². The average Bonchev–Trinajstić information content (AvgIpc) is 2.51. The number of carbonyl (C=O) groups excluding carboxylic acids is 2. The van der Waals surface area contributed by atoms with Gasteiger partial charge < -0.3 is 11.1 Å². The van der Waals surface area contributed by atoms with E-state index in [9.17, 15) is 9.59 Å². The van der Waals surface area contributed by atoms with Gasteiger partial charge in [-0.25, -0.2) is 0 Å². The Morgan fingerprint density at radius 2 is 1.91 bits per heavy atom. The van der Waals surface area contributed by atoms with Crippen LogP contribution in [0.15, 0.2) is 24.4 Å². The maximum Gasteiger partial charge on any atom is 0.270 e. The fraction of sp³-hybridized carbons (Fsp3) is 0.588. The summed E-state index contributed by atoms with van der Waals surface area (Å²) in [6.45, 7) is 0. The molecule has 4 fully saturated rings. The van der Waals surface area contributed by atoms with E-state index in [1.54, 1.807) is 18.3 Å². The van der Waals surface area contributed by atoms with Gasteiger partial charge in [0.2, 0.25) is 5.91 Å². The average molecular weight is 299 g/mol. The van der Waals surface area contributed by atoms with Crippen molar-refractivity contribution in [2.75, 3.05) is 0 Å². The number of aromatic nitrogens is 1. The Bertz CT molecular complexity index is 600. The molecule has 0 aliphatic heterocycles. The number of primary amides is 1. The molecule has 1 aromatic heterocycles. The normalized spacial score (nSPS) is 38.7. The van der Waals surface area contributed by atoms with E-state index >= 15 is 0 Å². The lowest BCUT2D eigenvalue weighted by Gasteiger charge is -2.58. The van der Waals surface area contributed by atoms with Crippen molar-refractivity contribution in [1.29, 1.82) is 0 Å². The lowest BCUT2D eigenvalue weighted by molar-refractivity contribution is -0.145. The van der Waals surface area contributed by atoms with Crippen molar-refractivity contribution in [2.45, 2.75) is 38.1 Å². The fourth-order valence-corrected chi connectivity index (χ4v) is 5.28. The summed E-state index contributed by atoms with van der Waals surface area (Å²) in [5.74, 6) is 1.12. The highest BCUT2D eigenvalue weighted by atomic mass is 16.2. The molecule has 5 heteroatoms. The van der Waals surface area contributed by atoms with Gasteiger partial charge in [0.05, 0.1) is 0 Å². The molecule has 1 heterocycles. The van der Waals surface area contributed by atoms with Gasteiger partial charge in [0, 0.05) is 17.7 Å². The van der Waals surface area contributed by atoms with Gasteiger partial charge in [-0.1, -0.05) is 6.07 Å². The van der Waals surface area contributed by atoms with Crippen molar-refractivity contribution < 1.29 is 9.59 Å². The zero-order valence-corrected chi connectivity index (χ0v) is 12.5. The van der Waals surface area contributed by atoms with Crippen LogP contribution in [-0.2, 0) is 4.79 Å². The zero-order chi connectivity index (χ0) is 15.3. The molecular weight excluding hydrogens is 278 g/mol. The minimum Gasteiger partial charge on any atom is -0.369 e. The topological polar surface area (TPSA) is 85.1 Å². The van der Waals surface area contributed by atoms with Crippen LogP contribution < -0.4 is 11.1 Å². The van der Waals surface area contributed by atoms with E-state index in [4.69, 9.17) is 5.73 Å². The van der Waals surface area contributed by atoms with E-state index in [-0.39, 0.29) is 23.3 Å². The second-order valence-corrected chi connectivity index (χ2v) is 7.33. The Morgan fingerprint density at radius 3 is 2.50 bits per heavy atom. The molecule has 0 saturated heterocycles. The molecule has 5 rings (SSSR count). The van der Waals surface area contributed by atoms with Crippen LogP contribution in [-0.4, -0.2) is 22.8 Å². The molecule has 1 aromatic rings. The molecule has 0 radical (unpaired) electrons. The molecular formula is C17H21N3O2. The first-order valence-corrected chi connectivity index (χ1v) is 8.09. The lowest BCUT2D eigenvalue weighted by Crippen LogP contribution is -2.62. The van der Waals surface area contributed by atoms with E-state index in [0.29, 0.717) is 23.4 Å². The molecule has 116 valence electrons. The summed E-state index contributed by atoms with van der Waals surface area (Å²) in [5, 5.41) is 3.18. The van der Waals surface area contributed by atoms with Gasteiger partial charge in [-0.2, -0.15) is 0 Å². The van der Waals surface area contributed by atoms with Gasteiger partial charge >= 0.3 is 0 Å². The smallest absolute Gasteiger partial charge is 0.270 e. The standard InChI is InChI=1S/C17H21N3O2/c18-16(22)17-7-10-5-11(8-17)14(12(6-10)9-17)20-15(21)13-3-1-2-4-19-13/h1-4,10-12,14H,5-9H2,(H2,18,22)(H,20,21). The summed E-state index contributed by atoms with van der Waals surface area (Å²) in [7, 11) is 0. The third-order valence-electron chi connectivity index (χ3n) is 5.99. The van der Waals surface area contributed by atoms with Gasteiger partial charge in [-0.15, -0.1) is 0 Å². The van der Waals surface area contributed by atoms with Crippen LogP contribution in [0, 0.1) is 23.2 Å². The quantitative estimate of drug-likeness (QED) is 0.886. The summed E-state index contributed by atoms with van der Waals surface area (Å²) < 4.78 is 0. The first kappa shape index (κ1) is 13.7. The van der Waals surface area contributed by atoms with Gasteiger partial charge in [-0.05, 0) is 62.0 Å². The van der Waals surface area contributed by atoms with E-state index in [0.717, 1.165) is 32.1 Å². The van der Waals surface area contributed by atoms with Crippen LogP contribution in [0.3, 0.4) is 0 Å². The van der Waals surface area contributed by atoms with Crippen LogP contribution >= 0.6 is 0 Å². The predicted octanol–water partition coefficient (Wildman–Crippen LogP) is 1.49. The summed E-state index contributed by atoms with van der Waals surface area (Å²) in [6, 6.07) is 5.52. The van der Waals surface area contributed by atoms with E-state index in [1.807, 2.05) is 6.07 Å². The molecule has 2 amide bonds. The number of nitrogens with zero attached hydrogens (tertiary/aromatic N) is 1. The molecule has 4 bridgehead atoms. The molecule has 4 saturated carbocycles. The monoisotopic (exact) mass is 299 g/mol. The first-order chi connectivity index (χ1) is 10.6. The van der Waals surface area contributed by atoms with Crippen molar-refractivity contribution in [3.63, 3.8) is 0 Å². The summed E-state index contributed by atoms with van der Waals surface area (Å²) in [6.07, 6.45) is 6.48. The number of amides is 2. The van der Waals surface area contributed by atoms with Gasteiger partial charge in [-0.3, -0.25) is 14.6 Å². The minimum absolute atomic E-state index is 0.105. The number of nitrogens with two attached hydrogens (primary N) is 1. The van der Waals surface area contributed by atoms with Crippen LogP contribution in [0.1, 0.15) is 42.6 Å². The van der Waals surface area contributed by atoms with E-state index in [1.165, 1.54) is 0 Å². The Labute approximate surface area is 129 Å². The Hall–Kier alpha value is -1.91. The molecule has 0 spiro atoms. The fourth-order valence-electron chi connectivity index (χ4n) is 5.28. The highest BCUT2D eigenvalue weighted by Gasteiger charge is 2.58. The third kappa shape index (κ3) is 2.02. The first-order valence-electron chi connectivity index (χ1n) is 8.09. The van der Waals surface area contributed by atoms with Gasteiger partial charge in [0.15, 0.2) is 0 Å². The summed E-state index contributed by atoms with van der Waals surface area (Å²) in [5.41, 5.74) is 5.85. The number of nitrogens with one attached hydrogen (secondary N) is 1. The zero-order valence-electron chi connectivity index (χ0n) is 12.5. The maximum atomic E-state index is 12.4. The van der Waals surface area contributed by atoms with Crippen molar-refractivity contribution in [3.8, 4) is 0 Å². The Balaban J connectivity index is 1.53. The SMILES string of the molecule is NC(=O)C12CC3CC(C1)C(NC(=O)c1ccccn1)C(C3)C2. The van der Waals surface area contributed by atoms with Gasteiger partial charge in [0.25, 0.3) is 5.91 Å². The molecule has 4 aliphatic carbocycles. The maximum absolute atomic E-state index is 12.4. The Kier molecular flexibility index (Phi) is 2.99. The summed E-state index contributed by atoms with van der Waals surface area (Å²) in [4.78, 5) is 28.4. The van der Waals surface area contributed by atoms with Gasteiger partial charge in [0.1, 0.15) is 5.69 Å². The van der Waals surface area contributed by atoms with E-state index in [2.05, 4.69) is 10.3 Å². The van der Waals surface area contributed by atoms with Crippen molar-refractivity contribution in [2.24, 2.45) is 28.9 Å². The van der Waals surface area contributed by atoms with Crippen molar-refractivity contribution in [1.82, 2.24) is 10.3 Å². The highest BCUT2D eigenvalue weighted by molar-refractivity contribution is 5.92. The largest absolute Gasteiger partial charge is 0.369 e.